The molecular weight excluding hydrogens is 461 g/mol. The molecule has 0 bridgehead atoms. The Bertz CT molecular complexity index is 1120. The van der Waals surface area contributed by atoms with Crippen LogP contribution in [0, 0.1) is 5.92 Å². The van der Waals surface area contributed by atoms with Crippen LogP contribution in [0.2, 0.25) is 10.0 Å². The summed E-state index contributed by atoms with van der Waals surface area (Å²) in [5.41, 5.74) is 0.950. The van der Waals surface area contributed by atoms with Gasteiger partial charge in [0.2, 0.25) is 15.9 Å². The SMILES string of the molecule is CC(=O)Nc1ccc(NC(=O)c2ccc(Cl)c(S(=O)(=O)N3CCCC(C)C3)c2)c(Cl)c1. The van der Waals surface area contributed by atoms with E-state index in [1.54, 1.807) is 12.1 Å². The van der Waals surface area contributed by atoms with Gasteiger partial charge in [0.05, 0.1) is 15.7 Å². The Morgan fingerprint density at radius 1 is 1.06 bits per heavy atom. The van der Waals surface area contributed by atoms with Gasteiger partial charge in [-0.3, -0.25) is 9.59 Å². The molecule has 1 heterocycles. The molecule has 1 unspecified atom stereocenters. The second kappa shape index (κ2) is 9.56. The van der Waals surface area contributed by atoms with Gasteiger partial charge in [-0.15, -0.1) is 0 Å². The largest absolute Gasteiger partial charge is 0.326 e. The maximum absolute atomic E-state index is 13.1. The second-order valence-corrected chi connectivity index (χ2v) is 10.3. The van der Waals surface area contributed by atoms with Crippen LogP contribution in [0.15, 0.2) is 41.3 Å². The molecule has 1 aliphatic rings. The van der Waals surface area contributed by atoms with Crippen LogP contribution in [0.3, 0.4) is 0 Å². The lowest BCUT2D eigenvalue weighted by Gasteiger charge is -2.30. The third-order valence-corrected chi connectivity index (χ3v) is 7.63. The number of carbonyl (C=O) groups excluding carboxylic acids is 2. The molecule has 2 N–H and O–H groups in total. The van der Waals surface area contributed by atoms with Crippen LogP contribution in [-0.2, 0) is 14.8 Å². The van der Waals surface area contributed by atoms with Crippen molar-refractivity contribution in [2.45, 2.75) is 31.6 Å². The Morgan fingerprint density at radius 2 is 1.81 bits per heavy atom. The minimum Gasteiger partial charge on any atom is -0.326 e. The minimum absolute atomic E-state index is 0.0625. The lowest BCUT2D eigenvalue weighted by molar-refractivity contribution is -0.114. The Balaban J connectivity index is 1.84. The Labute approximate surface area is 191 Å². The normalized spacial score (nSPS) is 17.2. The monoisotopic (exact) mass is 483 g/mol. The zero-order valence-corrected chi connectivity index (χ0v) is 19.4. The van der Waals surface area contributed by atoms with E-state index in [9.17, 15) is 18.0 Å². The molecule has 166 valence electrons. The van der Waals surface area contributed by atoms with Crippen molar-refractivity contribution in [3.8, 4) is 0 Å². The van der Waals surface area contributed by atoms with Crippen molar-refractivity contribution in [3.05, 3.63) is 52.0 Å². The van der Waals surface area contributed by atoms with Crippen LogP contribution in [0.1, 0.15) is 37.0 Å². The van der Waals surface area contributed by atoms with Gasteiger partial charge in [-0.05, 0) is 55.2 Å². The Morgan fingerprint density at radius 3 is 2.45 bits per heavy atom. The highest BCUT2D eigenvalue weighted by molar-refractivity contribution is 7.89. The third kappa shape index (κ3) is 5.57. The zero-order valence-electron chi connectivity index (χ0n) is 17.1. The molecule has 1 fully saturated rings. The number of anilines is 2. The fourth-order valence-electron chi connectivity index (χ4n) is 3.44. The van der Waals surface area contributed by atoms with Crippen LogP contribution < -0.4 is 10.6 Å². The highest BCUT2D eigenvalue weighted by Gasteiger charge is 2.31. The number of amides is 2. The van der Waals surface area contributed by atoms with Crippen LogP contribution in [-0.4, -0.2) is 37.6 Å². The van der Waals surface area contributed by atoms with Crippen molar-refractivity contribution in [2.24, 2.45) is 5.92 Å². The average molecular weight is 484 g/mol. The van der Waals surface area contributed by atoms with Crippen molar-refractivity contribution in [1.29, 1.82) is 0 Å². The molecule has 3 rings (SSSR count). The first-order chi connectivity index (χ1) is 14.6. The summed E-state index contributed by atoms with van der Waals surface area (Å²) >= 11 is 12.4. The lowest BCUT2D eigenvalue weighted by atomic mass is 10.0. The standard InChI is InChI=1S/C21H23Cl2N3O4S/c1-13-4-3-9-26(12-13)31(29,30)20-10-15(5-7-17(20)22)21(28)25-19-8-6-16(11-18(19)23)24-14(2)27/h5-8,10-11,13H,3-4,9,12H2,1-2H3,(H,24,27)(H,25,28). The van der Waals surface area contributed by atoms with E-state index in [0.29, 0.717) is 24.5 Å². The zero-order chi connectivity index (χ0) is 22.8. The van der Waals surface area contributed by atoms with Crippen molar-refractivity contribution in [2.75, 3.05) is 23.7 Å². The van der Waals surface area contributed by atoms with Crippen molar-refractivity contribution < 1.29 is 18.0 Å². The first-order valence-corrected chi connectivity index (χ1v) is 12.0. The predicted octanol–water partition coefficient (Wildman–Crippen LogP) is 4.62. The van der Waals surface area contributed by atoms with Gasteiger partial charge in [-0.25, -0.2) is 8.42 Å². The highest BCUT2D eigenvalue weighted by atomic mass is 35.5. The smallest absolute Gasteiger partial charge is 0.255 e. The molecule has 7 nitrogen and oxygen atoms in total. The van der Waals surface area contributed by atoms with Crippen LogP contribution >= 0.6 is 23.2 Å². The van der Waals surface area contributed by atoms with Gasteiger partial charge >= 0.3 is 0 Å². The number of halogens is 2. The maximum atomic E-state index is 13.1. The van der Waals surface area contributed by atoms with Crippen molar-refractivity contribution in [1.82, 2.24) is 4.31 Å². The van der Waals surface area contributed by atoms with Crippen LogP contribution in [0.4, 0.5) is 11.4 Å². The topological polar surface area (TPSA) is 95.6 Å². The fraction of sp³-hybridized carbons (Fsp3) is 0.333. The Hall–Kier alpha value is -2.13. The lowest BCUT2D eigenvalue weighted by Crippen LogP contribution is -2.39. The fourth-order valence-corrected chi connectivity index (χ4v) is 5.76. The van der Waals surface area contributed by atoms with Crippen LogP contribution in [0.25, 0.3) is 0 Å². The van der Waals surface area contributed by atoms with Crippen molar-refractivity contribution >= 4 is 56.4 Å². The summed E-state index contributed by atoms with van der Waals surface area (Å²) in [7, 11) is -3.82. The molecule has 0 aliphatic carbocycles. The number of rotatable bonds is 5. The van der Waals surface area contributed by atoms with Gasteiger partial charge in [0.25, 0.3) is 5.91 Å². The molecule has 1 aliphatic heterocycles. The Kier molecular flexibility index (Phi) is 7.26. The van der Waals surface area contributed by atoms with Gasteiger partial charge in [0, 0.05) is 31.3 Å². The van der Waals surface area contributed by atoms with E-state index in [2.05, 4.69) is 10.6 Å². The molecule has 0 saturated carbocycles. The second-order valence-electron chi connectivity index (χ2n) is 7.59. The molecule has 1 saturated heterocycles. The summed E-state index contributed by atoms with van der Waals surface area (Å²) in [5, 5.41) is 5.55. The van der Waals surface area contributed by atoms with Gasteiger partial charge in [-0.1, -0.05) is 30.1 Å². The van der Waals surface area contributed by atoms with Gasteiger partial charge in [0.15, 0.2) is 0 Å². The van der Waals surface area contributed by atoms with E-state index in [1.807, 2.05) is 6.92 Å². The molecular formula is C21H23Cl2N3O4S. The quantitative estimate of drug-likeness (QED) is 0.647. The maximum Gasteiger partial charge on any atom is 0.255 e. The number of hydrogen-bond donors (Lipinski definition) is 2. The molecule has 10 heteroatoms. The number of benzene rings is 2. The number of nitrogens with zero attached hydrogens (tertiary/aromatic N) is 1. The van der Waals surface area contributed by atoms with Gasteiger partial charge < -0.3 is 10.6 Å². The number of piperidine rings is 1. The van der Waals surface area contributed by atoms with E-state index in [0.717, 1.165) is 12.8 Å². The average Bonchev–Trinajstić information content (AvgIpc) is 2.69. The molecule has 0 radical (unpaired) electrons. The van der Waals surface area contributed by atoms with Gasteiger partial charge in [-0.2, -0.15) is 4.31 Å². The highest BCUT2D eigenvalue weighted by Crippen LogP contribution is 2.30. The van der Waals surface area contributed by atoms with E-state index < -0.39 is 15.9 Å². The molecule has 0 spiro atoms. The molecule has 2 aromatic carbocycles. The minimum atomic E-state index is -3.82. The van der Waals surface area contributed by atoms with E-state index in [-0.39, 0.29) is 32.3 Å². The summed E-state index contributed by atoms with van der Waals surface area (Å²) < 4.78 is 27.7. The molecule has 2 amide bonds. The van der Waals surface area contributed by atoms with E-state index in [4.69, 9.17) is 23.2 Å². The first-order valence-electron chi connectivity index (χ1n) is 9.76. The molecule has 31 heavy (non-hydrogen) atoms. The van der Waals surface area contributed by atoms with Gasteiger partial charge in [0.1, 0.15) is 4.90 Å². The molecule has 2 aromatic rings. The number of carbonyl (C=O) groups is 2. The molecule has 0 aromatic heterocycles. The summed E-state index contributed by atoms with van der Waals surface area (Å²) in [6.45, 7) is 4.23. The summed E-state index contributed by atoms with van der Waals surface area (Å²) in [4.78, 5) is 23.8. The molecule has 1 atom stereocenters. The van der Waals surface area contributed by atoms with Crippen molar-refractivity contribution in [3.63, 3.8) is 0 Å². The van der Waals surface area contributed by atoms with Crippen LogP contribution in [0.5, 0.6) is 0 Å². The third-order valence-electron chi connectivity index (χ3n) is 4.97. The number of sulfonamides is 1. The van der Waals surface area contributed by atoms with E-state index in [1.165, 1.54) is 35.5 Å². The summed E-state index contributed by atoms with van der Waals surface area (Å²) in [6, 6.07) is 8.79. The predicted molar refractivity (Wildman–Crippen MR) is 122 cm³/mol. The van der Waals surface area contributed by atoms with E-state index >= 15 is 0 Å². The summed E-state index contributed by atoms with van der Waals surface area (Å²) in [5.74, 6) is -0.517. The number of hydrogen-bond acceptors (Lipinski definition) is 4. The number of nitrogens with one attached hydrogen (secondary N) is 2. The first kappa shape index (κ1) is 23.5. The summed E-state index contributed by atoms with van der Waals surface area (Å²) in [6.07, 6.45) is 1.76.